The molecule has 2 aliphatic heterocycles. The molecule has 0 spiro atoms. The van der Waals surface area contributed by atoms with Crippen LogP contribution in [0, 0.1) is 13.8 Å². The molecule has 2 fully saturated rings. The lowest BCUT2D eigenvalue weighted by Gasteiger charge is -2.33. The first kappa shape index (κ1) is 18.9. The molecule has 0 saturated carbocycles. The number of piperazine rings is 1. The first-order valence-corrected chi connectivity index (χ1v) is 9.61. The van der Waals surface area contributed by atoms with Gasteiger partial charge in [-0.05, 0) is 32.8 Å². The summed E-state index contributed by atoms with van der Waals surface area (Å²) >= 11 is 0. The summed E-state index contributed by atoms with van der Waals surface area (Å²) < 4.78 is 5.44. The summed E-state index contributed by atoms with van der Waals surface area (Å²) in [5.74, 6) is 1.64. The van der Waals surface area contributed by atoms with E-state index < -0.39 is 0 Å². The number of hydrogen-bond acceptors (Lipinski definition) is 5. The molecule has 3 heterocycles. The van der Waals surface area contributed by atoms with Crippen molar-refractivity contribution < 1.29 is 14.0 Å². The van der Waals surface area contributed by atoms with Crippen molar-refractivity contribution in [2.45, 2.75) is 39.2 Å². The summed E-state index contributed by atoms with van der Waals surface area (Å²) in [5, 5.41) is 6.39. The lowest BCUT2D eigenvalue weighted by atomic mass is 10.0. The van der Waals surface area contributed by atoms with Crippen molar-refractivity contribution >= 4 is 11.8 Å². The highest BCUT2D eigenvalue weighted by Gasteiger charge is 2.24. The Morgan fingerprint density at radius 2 is 1.88 bits per heavy atom. The van der Waals surface area contributed by atoms with Gasteiger partial charge in [0.15, 0.2) is 0 Å². The van der Waals surface area contributed by atoms with Crippen LogP contribution in [0.15, 0.2) is 10.5 Å². The van der Waals surface area contributed by atoms with Crippen LogP contribution < -0.4 is 10.6 Å². The second kappa shape index (κ2) is 8.68. The van der Waals surface area contributed by atoms with Gasteiger partial charge in [0.1, 0.15) is 11.5 Å². The molecule has 1 aromatic rings. The van der Waals surface area contributed by atoms with Crippen molar-refractivity contribution in [3.63, 3.8) is 0 Å². The van der Waals surface area contributed by atoms with Crippen LogP contribution >= 0.6 is 0 Å². The van der Waals surface area contributed by atoms with E-state index in [-0.39, 0.29) is 17.9 Å². The van der Waals surface area contributed by atoms with Crippen molar-refractivity contribution in [1.82, 2.24) is 20.4 Å². The van der Waals surface area contributed by atoms with E-state index in [0.29, 0.717) is 17.7 Å². The van der Waals surface area contributed by atoms with Crippen molar-refractivity contribution in [2.75, 3.05) is 45.8 Å². The van der Waals surface area contributed by atoms with Crippen molar-refractivity contribution in [3.8, 4) is 0 Å². The number of furan rings is 1. The summed E-state index contributed by atoms with van der Waals surface area (Å²) in [4.78, 5) is 28.9. The Morgan fingerprint density at radius 1 is 1.19 bits per heavy atom. The third-order valence-electron chi connectivity index (χ3n) is 5.32. The Morgan fingerprint density at radius 3 is 2.50 bits per heavy atom. The molecule has 0 atom stereocenters. The fraction of sp³-hybridized carbons (Fsp3) is 0.684. The van der Waals surface area contributed by atoms with Crippen LogP contribution in [-0.4, -0.2) is 73.5 Å². The van der Waals surface area contributed by atoms with Gasteiger partial charge in [-0.3, -0.25) is 9.59 Å². The summed E-state index contributed by atoms with van der Waals surface area (Å²) in [7, 11) is 0. The van der Waals surface area contributed by atoms with Gasteiger partial charge in [-0.25, -0.2) is 0 Å². The number of nitrogens with zero attached hydrogens (tertiary/aromatic N) is 2. The molecule has 1 aromatic heterocycles. The highest BCUT2D eigenvalue weighted by atomic mass is 16.3. The number of likely N-dealkylation sites (tertiary alicyclic amines) is 1. The standard InChI is InChI=1S/C19H30N4O3/c1-14-13-17(15(2)26-14)19(25)21-16-3-8-22(9-4-16)10-5-18(24)23-11-6-20-7-12-23/h13,16,20H,3-12H2,1-2H3,(H,21,25). The van der Waals surface area contributed by atoms with Crippen molar-refractivity contribution in [2.24, 2.45) is 0 Å². The van der Waals surface area contributed by atoms with Gasteiger partial charge in [0.2, 0.25) is 5.91 Å². The minimum absolute atomic E-state index is 0.0494. The van der Waals surface area contributed by atoms with Crippen LogP contribution in [0.5, 0.6) is 0 Å². The maximum absolute atomic E-state index is 12.4. The molecule has 2 N–H and O–H groups in total. The zero-order valence-corrected chi connectivity index (χ0v) is 15.8. The Hall–Kier alpha value is -1.86. The van der Waals surface area contributed by atoms with Crippen LogP contribution in [0.1, 0.15) is 41.1 Å². The lowest BCUT2D eigenvalue weighted by Crippen LogP contribution is -2.48. The fourth-order valence-electron chi connectivity index (χ4n) is 3.75. The smallest absolute Gasteiger partial charge is 0.255 e. The molecule has 7 nitrogen and oxygen atoms in total. The number of rotatable bonds is 5. The van der Waals surface area contributed by atoms with Gasteiger partial charge in [-0.2, -0.15) is 0 Å². The number of amides is 2. The van der Waals surface area contributed by atoms with E-state index in [2.05, 4.69) is 15.5 Å². The van der Waals surface area contributed by atoms with E-state index in [1.54, 1.807) is 6.07 Å². The minimum atomic E-state index is -0.0494. The quantitative estimate of drug-likeness (QED) is 0.814. The van der Waals surface area contributed by atoms with Crippen LogP contribution in [0.25, 0.3) is 0 Å². The van der Waals surface area contributed by atoms with Crippen LogP contribution in [0.4, 0.5) is 0 Å². The molecule has 0 aliphatic carbocycles. The minimum Gasteiger partial charge on any atom is -0.466 e. The molecule has 0 radical (unpaired) electrons. The number of nitrogens with one attached hydrogen (secondary N) is 2. The second-order valence-electron chi connectivity index (χ2n) is 7.30. The summed E-state index contributed by atoms with van der Waals surface area (Å²) in [6, 6.07) is 1.99. The molecular formula is C19H30N4O3. The van der Waals surface area contributed by atoms with E-state index in [9.17, 15) is 9.59 Å². The van der Waals surface area contributed by atoms with Crippen molar-refractivity contribution in [1.29, 1.82) is 0 Å². The summed E-state index contributed by atoms with van der Waals surface area (Å²) in [6.07, 6.45) is 2.43. The Bertz CT molecular complexity index is 629. The normalized spacial score (nSPS) is 19.5. The number of hydrogen-bond donors (Lipinski definition) is 2. The average molecular weight is 362 g/mol. The van der Waals surface area contributed by atoms with Gasteiger partial charge >= 0.3 is 0 Å². The largest absolute Gasteiger partial charge is 0.466 e. The third kappa shape index (κ3) is 4.86. The Kier molecular flexibility index (Phi) is 6.32. The topological polar surface area (TPSA) is 77.8 Å². The zero-order valence-electron chi connectivity index (χ0n) is 15.8. The van der Waals surface area contributed by atoms with E-state index in [0.717, 1.165) is 64.4 Å². The number of carbonyl (C=O) groups is 2. The fourth-order valence-corrected chi connectivity index (χ4v) is 3.75. The Balaban J connectivity index is 1.38. The van der Waals surface area contributed by atoms with E-state index >= 15 is 0 Å². The maximum Gasteiger partial charge on any atom is 0.255 e. The molecular weight excluding hydrogens is 332 g/mol. The molecule has 0 aromatic carbocycles. The number of carbonyl (C=O) groups excluding carboxylic acids is 2. The molecule has 7 heteroatoms. The number of aryl methyl sites for hydroxylation is 2. The van der Waals surface area contributed by atoms with Crippen LogP contribution in [-0.2, 0) is 4.79 Å². The number of piperidine rings is 1. The predicted molar refractivity (Wildman–Crippen MR) is 99.2 cm³/mol. The predicted octanol–water partition coefficient (Wildman–Crippen LogP) is 0.913. The molecule has 144 valence electrons. The summed E-state index contributed by atoms with van der Waals surface area (Å²) in [6.45, 7) is 9.75. The maximum atomic E-state index is 12.4. The third-order valence-corrected chi connectivity index (χ3v) is 5.32. The molecule has 0 unspecified atom stereocenters. The highest BCUT2D eigenvalue weighted by Crippen LogP contribution is 2.16. The van der Waals surface area contributed by atoms with Crippen LogP contribution in [0.3, 0.4) is 0 Å². The SMILES string of the molecule is Cc1cc(C(=O)NC2CCN(CCC(=O)N3CCNCC3)CC2)c(C)o1. The first-order chi connectivity index (χ1) is 12.5. The van der Waals surface area contributed by atoms with E-state index in [1.807, 2.05) is 18.7 Å². The molecule has 0 bridgehead atoms. The van der Waals surface area contributed by atoms with E-state index in [4.69, 9.17) is 4.42 Å². The van der Waals surface area contributed by atoms with Crippen LogP contribution in [0.2, 0.25) is 0 Å². The van der Waals surface area contributed by atoms with Gasteiger partial charge in [0.05, 0.1) is 5.56 Å². The molecule has 2 saturated heterocycles. The molecule has 2 aliphatic rings. The zero-order chi connectivity index (χ0) is 18.5. The van der Waals surface area contributed by atoms with Gasteiger partial charge < -0.3 is 24.9 Å². The highest BCUT2D eigenvalue weighted by molar-refractivity contribution is 5.95. The monoisotopic (exact) mass is 362 g/mol. The van der Waals surface area contributed by atoms with Gasteiger partial charge in [0, 0.05) is 58.3 Å². The molecule has 3 rings (SSSR count). The van der Waals surface area contributed by atoms with Gasteiger partial charge in [0.25, 0.3) is 5.91 Å². The van der Waals surface area contributed by atoms with Gasteiger partial charge in [-0.15, -0.1) is 0 Å². The lowest BCUT2D eigenvalue weighted by molar-refractivity contribution is -0.132. The van der Waals surface area contributed by atoms with E-state index in [1.165, 1.54) is 0 Å². The van der Waals surface area contributed by atoms with Gasteiger partial charge in [-0.1, -0.05) is 0 Å². The summed E-state index contributed by atoms with van der Waals surface area (Å²) in [5.41, 5.74) is 0.631. The Labute approximate surface area is 155 Å². The second-order valence-corrected chi connectivity index (χ2v) is 7.30. The molecule has 2 amide bonds. The van der Waals surface area contributed by atoms with Crippen molar-refractivity contribution in [3.05, 3.63) is 23.2 Å². The molecule has 26 heavy (non-hydrogen) atoms. The first-order valence-electron chi connectivity index (χ1n) is 9.61. The average Bonchev–Trinajstić information content (AvgIpc) is 3.00.